The fourth-order valence-corrected chi connectivity index (χ4v) is 3.15. The maximum atomic E-state index is 11.8. The van der Waals surface area contributed by atoms with Crippen LogP contribution in [0.4, 0.5) is 5.69 Å². The lowest BCUT2D eigenvalue weighted by Crippen LogP contribution is -2.53. The maximum absolute atomic E-state index is 11.8. The second kappa shape index (κ2) is 11.5. The Labute approximate surface area is 188 Å². The Morgan fingerprint density at radius 3 is 2.38 bits per heavy atom. The van der Waals surface area contributed by atoms with Gasteiger partial charge < -0.3 is 29.6 Å². The molecule has 0 radical (unpaired) electrons. The average Bonchev–Trinajstić information content (AvgIpc) is 3.29. The molecule has 0 saturated carbocycles. The topological polar surface area (TPSA) is 82.3 Å². The molecule has 0 unspecified atom stereocenters. The third-order valence-electron chi connectivity index (χ3n) is 4.67. The Bertz CT molecular complexity index is 772. The fraction of sp³-hybridized carbons (Fsp3) is 0.400. The van der Waals surface area contributed by atoms with E-state index in [1.807, 2.05) is 12.1 Å². The molecule has 1 amide bonds. The minimum Gasteiger partial charge on any atom is -0.497 e. The van der Waals surface area contributed by atoms with Crippen molar-refractivity contribution in [3.05, 3.63) is 48.4 Å². The lowest BCUT2D eigenvalue weighted by molar-refractivity contribution is 0.0926. The number of ether oxygens (including phenoxy) is 1. The van der Waals surface area contributed by atoms with Crippen LogP contribution in [0.1, 0.15) is 10.6 Å². The van der Waals surface area contributed by atoms with Crippen molar-refractivity contribution in [2.45, 2.75) is 0 Å². The number of hydrogen-bond donors (Lipinski definition) is 2. The average molecular weight is 513 g/mol. The van der Waals surface area contributed by atoms with E-state index in [1.165, 1.54) is 12.0 Å². The number of piperazine rings is 1. The molecule has 0 aliphatic carbocycles. The second-order valence-electron chi connectivity index (χ2n) is 6.38. The molecule has 9 heteroatoms. The smallest absolute Gasteiger partial charge is 0.287 e. The SMILES string of the molecule is CN=C(NCCNC(=O)c1ccco1)N1CCN(c2ccc(OC)cc2)CC1.I. The van der Waals surface area contributed by atoms with E-state index in [-0.39, 0.29) is 29.9 Å². The van der Waals surface area contributed by atoms with E-state index in [0.29, 0.717) is 18.8 Å². The molecule has 0 bridgehead atoms. The van der Waals surface area contributed by atoms with Gasteiger partial charge in [-0.15, -0.1) is 24.0 Å². The van der Waals surface area contributed by atoms with Crippen molar-refractivity contribution in [3.8, 4) is 5.75 Å². The summed E-state index contributed by atoms with van der Waals surface area (Å²) in [5.74, 6) is 1.82. The van der Waals surface area contributed by atoms with Gasteiger partial charge in [-0.2, -0.15) is 0 Å². The third-order valence-corrected chi connectivity index (χ3v) is 4.67. The molecule has 1 fully saturated rings. The summed E-state index contributed by atoms with van der Waals surface area (Å²) in [5.41, 5.74) is 1.20. The van der Waals surface area contributed by atoms with Gasteiger partial charge in [0.1, 0.15) is 5.75 Å². The summed E-state index contributed by atoms with van der Waals surface area (Å²) >= 11 is 0. The highest BCUT2D eigenvalue weighted by molar-refractivity contribution is 14.0. The molecule has 1 aromatic heterocycles. The number of guanidine groups is 1. The number of benzene rings is 1. The predicted molar refractivity (Wildman–Crippen MR) is 125 cm³/mol. The highest BCUT2D eigenvalue weighted by Gasteiger charge is 2.19. The first-order valence-electron chi connectivity index (χ1n) is 9.37. The molecule has 0 atom stereocenters. The molecular formula is C20H28IN5O3. The predicted octanol–water partition coefficient (Wildman–Crippen LogP) is 2.03. The summed E-state index contributed by atoms with van der Waals surface area (Å²) in [4.78, 5) is 20.8. The van der Waals surface area contributed by atoms with Crippen LogP contribution in [0.25, 0.3) is 0 Å². The van der Waals surface area contributed by atoms with Gasteiger partial charge in [0, 0.05) is 52.0 Å². The van der Waals surface area contributed by atoms with Gasteiger partial charge in [0.05, 0.1) is 13.4 Å². The number of carbonyl (C=O) groups is 1. The van der Waals surface area contributed by atoms with Gasteiger partial charge in [-0.25, -0.2) is 0 Å². The van der Waals surface area contributed by atoms with Crippen LogP contribution < -0.4 is 20.3 Å². The first kappa shape index (κ1) is 22.9. The first-order valence-corrected chi connectivity index (χ1v) is 9.37. The highest BCUT2D eigenvalue weighted by Crippen LogP contribution is 2.20. The molecule has 2 aromatic rings. The highest BCUT2D eigenvalue weighted by atomic mass is 127. The summed E-state index contributed by atoms with van der Waals surface area (Å²) < 4.78 is 10.3. The van der Waals surface area contributed by atoms with Gasteiger partial charge in [0.25, 0.3) is 5.91 Å². The molecule has 158 valence electrons. The number of hydrogen-bond acceptors (Lipinski definition) is 5. The zero-order valence-corrected chi connectivity index (χ0v) is 19.1. The van der Waals surface area contributed by atoms with Gasteiger partial charge >= 0.3 is 0 Å². The standard InChI is InChI=1S/C20H27N5O3.HI/c1-21-20(23-10-9-22-19(26)18-4-3-15-28-18)25-13-11-24(12-14-25)16-5-7-17(27-2)8-6-16;/h3-8,15H,9-14H2,1-2H3,(H,21,23)(H,22,26);1H. The largest absolute Gasteiger partial charge is 0.497 e. The van der Waals surface area contributed by atoms with E-state index >= 15 is 0 Å². The van der Waals surface area contributed by atoms with Crippen LogP contribution in [0.15, 0.2) is 52.1 Å². The summed E-state index contributed by atoms with van der Waals surface area (Å²) in [6.07, 6.45) is 1.49. The Kier molecular flexibility index (Phi) is 9.10. The Balaban J connectivity index is 0.00000300. The lowest BCUT2D eigenvalue weighted by atomic mass is 10.2. The number of rotatable bonds is 6. The van der Waals surface area contributed by atoms with Crippen LogP contribution in [-0.2, 0) is 0 Å². The molecule has 1 aromatic carbocycles. The van der Waals surface area contributed by atoms with Crippen molar-refractivity contribution in [1.82, 2.24) is 15.5 Å². The normalized spacial score (nSPS) is 14.2. The summed E-state index contributed by atoms with van der Waals surface area (Å²) in [5, 5.41) is 6.12. The minimum atomic E-state index is -0.213. The Morgan fingerprint density at radius 1 is 1.10 bits per heavy atom. The maximum Gasteiger partial charge on any atom is 0.287 e. The zero-order valence-electron chi connectivity index (χ0n) is 16.8. The van der Waals surface area contributed by atoms with Crippen molar-refractivity contribution in [3.63, 3.8) is 0 Å². The number of nitrogens with one attached hydrogen (secondary N) is 2. The molecule has 0 spiro atoms. The number of methoxy groups -OCH3 is 1. The van der Waals surface area contributed by atoms with E-state index in [2.05, 4.69) is 37.6 Å². The van der Waals surface area contributed by atoms with Crippen LogP contribution >= 0.6 is 24.0 Å². The molecule has 8 nitrogen and oxygen atoms in total. The van der Waals surface area contributed by atoms with Crippen LogP contribution in [-0.4, -0.2) is 70.2 Å². The van der Waals surface area contributed by atoms with E-state index in [4.69, 9.17) is 9.15 Å². The molecule has 29 heavy (non-hydrogen) atoms. The molecule has 1 aliphatic rings. The molecule has 2 heterocycles. The summed E-state index contributed by atoms with van der Waals surface area (Å²) in [6, 6.07) is 11.5. The van der Waals surface area contributed by atoms with Gasteiger partial charge in [-0.3, -0.25) is 9.79 Å². The number of aliphatic imine (C=N–C) groups is 1. The Morgan fingerprint density at radius 2 is 1.79 bits per heavy atom. The second-order valence-corrected chi connectivity index (χ2v) is 6.38. The van der Waals surface area contributed by atoms with Gasteiger partial charge in [-0.05, 0) is 36.4 Å². The van der Waals surface area contributed by atoms with Crippen LogP contribution in [0.3, 0.4) is 0 Å². The molecule has 3 rings (SSSR count). The van der Waals surface area contributed by atoms with Crippen LogP contribution in [0.2, 0.25) is 0 Å². The monoisotopic (exact) mass is 513 g/mol. The number of carbonyl (C=O) groups excluding carboxylic acids is 1. The van der Waals surface area contributed by atoms with Crippen molar-refractivity contribution < 1.29 is 13.9 Å². The van der Waals surface area contributed by atoms with E-state index < -0.39 is 0 Å². The van der Waals surface area contributed by atoms with Gasteiger partial charge in [-0.1, -0.05) is 0 Å². The van der Waals surface area contributed by atoms with Crippen molar-refractivity contribution in [1.29, 1.82) is 0 Å². The van der Waals surface area contributed by atoms with Crippen LogP contribution in [0.5, 0.6) is 5.75 Å². The van der Waals surface area contributed by atoms with Gasteiger partial charge in [0.2, 0.25) is 0 Å². The number of halogens is 1. The van der Waals surface area contributed by atoms with E-state index in [1.54, 1.807) is 26.3 Å². The molecular weight excluding hydrogens is 485 g/mol. The summed E-state index contributed by atoms with van der Waals surface area (Å²) in [6.45, 7) is 4.68. The number of furan rings is 1. The van der Waals surface area contributed by atoms with Crippen LogP contribution in [0, 0.1) is 0 Å². The minimum absolute atomic E-state index is 0. The number of nitrogens with zero attached hydrogens (tertiary/aromatic N) is 3. The molecule has 1 aliphatic heterocycles. The lowest BCUT2D eigenvalue weighted by Gasteiger charge is -2.37. The third kappa shape index (κ3) is 6.28. The van der Waals surface area contributed by atoms with E-state index in [9.17, 15) is 4.79 Å². The number of amides is 1. The zero-order chi connectivity index (χ0) is 19.8. The van der Waals surface area contributed by atoms with Gasteiger partial charge in [0.15, 0.2) is 11.7 Å². The van der Waals surface area contributed by atoms with Crippen molar-refractivity contribution in [2.75, 3.05) is 58.3 Å². The quantitative estimate of drug-likeness (QED) is 0.266. The van der Waals surface area contributed by atoms with E-state index in [0.717, 1.165) is 37.9 Å². The Hall–Kier alpha value is -2.43. The van der Waals surface area contributed by atoms with Crippen molar-refractivity contribution >= 4 is 41.5 Å². The fourth-order valence-electron chi connectivity index (χ4n) is 3.15. The molecule has 2 N–H and O–H groups in total. The first-order chi connectivity index (χ1) is 13.7. The number of anilines is 1. The van der Waals surface area contributed by atoms with Crippen molar-refractivity contribution in [2.24, 2.45) is 4.99 Å². The molecule has 1 saturated heterocycles. The summed E-state index contributed by atoms with van der Waals surface area (Å²) in [7, 11) is 3.45.